The number of carboxylic acids is 1. The van der Waals surface area contributed by atoms with Gasteiger partial charge in [-0.05, 0) is 35.6 Å². The second kappa shape index (κ2) is 6.48. The third-order valence-electron chi connectivity index (χ3n) is 2.77. The number of thiophene rings is 1. The van der Waals surface area contributed by atoms with Crippen molar-refractivity contribution in [2.24, 2.45) is 0 Å². The van der Waals surface area contributed by atoms with E-state index in [1.807, 2.05) is 5.38 Å². The average Bonchev–Trinajstić information content (AvgIpc) is 2.88. The lowest BCUT2D eigenvalue weighted by Gasteiger charge is -2.11. The molecule has 0 atom stereocenters. The fourth-order valence-electron chi connectivity index (χ4n) is 1.81. The first-order valence-corrected chi connectivity index (χ1v) is 7.57. The van der Waals surface area contributed by atoms with E-state index in [2.05, 4.69) is 13.0 Å². The minimum Gasteiger partial charge on any atom is -0.480 e. The van der Waals surface area contributed by atoms with E-state index >= 15 is 0 Å². The van der Waals surface area contributed by atoms with Crippen molar-refractivity contribution in [2.45, 2.75) is 13.3 Å². The van der Waals surface area contributed by atoms with Gasteiger partial charge in [-0.25, -0.2) is 4.79 Å². The van der Waals surface area contributed by atoms with Crippen LogP contribution in [0.3, 0.4) is 0 Å². The number of aryl methyl sites for hydroxylation is 1. The van der Waals surface area contributed by atoms with Crippen LogP contribution in [0.15, 0.2) is 23.6 Å². The van der Waals surface area contributed by atoms with Crippen molar-refractivity contribution in [2.75, 3.05) is 6.61 Å². The Morgan fingerprint density at radius 3 is 2.70 bits per heavy atom. The number of benzene rings is 1. The molecule has 2 aromatic rings. The van der Waals surface area contributed by atoms with Crippen LogP contribution >= 0.6 is 34.5 Å². The second-order valence-corrected chi connectivity index (χ2v) is 5.72. The van der Waals surface area contributed by atoms with Gasteiger partial charge in [0, 0.05) is 10.4 Å². The molecule has 0 bridgehead atoms. The lowest BCUT2D eigenvalue weighted by atomic mass is 10.1. The Balaban J connectivity index is 2.38. The summed E-state index contributed by atoms with van der Waals surface area (Å²) in [4.78, 5) is 11.6. The Morgan fingerprint density at radius 2 is 2.05 bits per heavy atom. The van der Waals surface area contributed by atoms with Crippen molar-refractivity contribution in [1.29, 1.82) is 0 Å². The molecule has 1 aromatic heterocycles. The van der Waals surface area contributed by atoms with Gasteiger partial charge in [0.25, 0.3) is 0 Å². The van der Waals surface area contributed by atoms with Gasteiger partial charge in [-0.15, -0.1) is 11.3 Å². The molecule has 0 saturated heterocycles. The maximum absolute atomic E-state index is 10.5. The van der Waals surface area contributed by atoms with Crippen LogP contribution in [0.5, 0.6) is 5.75 Å². The van der Waals surface area contributed by atoms with Crippen LogP contribution in [0.25, 0.3) is 10.4 Å². The van der Waals surface area contributed by atoms with E-state index in [1.54, 1.807) is 23.5 Å². The highest BCUT2D eigenvalue weighted by molar-refractivity contribution is 7.13. The maximum atomic E-state index is 10.5. The number of carbonyl (C=O) groups is 1. The van der Waals surface area contributed by atoms with Gasteiger partial charge in [-0.1, -0.05) is 30.1 Å². The number of halogens is 2. The van der Waals surface area contributed by atoms with Crippen molar-refractivity contribution in [3.63, 3.8) is 0 Å². The monoisotopic (exact) mass is 330 g/mol. The minimum atomic E-state index is -1.06. The lowest BCUT2D eigenvalue weighted by molar-refractivity contribution is -0.139. The summed E-state index contributed by atoms with van der Waals surface area (Å²) in [5.74, 6) is -0.787. The summed E-state index contributed by atoms with van der Waals surface area (Å²) in [6.07, 6.45) is 0.907. The van der Waals surface area contributed by atoms with Gasteiger partial charge in [0.05, 0.1) is 5.02 Å². The number of aliphatic carboxylic acids is 1. The standard InChI is InChI=1S/C14H12Cl2O3S/c1-2-8-5-6-20-14(8)9-3-4-10(13(16)12(9)15)19-7-11(17)18/h3-6H,2,7H2,1H3,(H,17,18). The lowest BCUT2D eigenvalue weighted by Crippen LogP contribution is -2.09. The van der Waals surface area contributed by atoms with Crippen molar-refractivity contribution in [3.05, 3.63) is 39.2 Å². The molecule has 3 nitrogen and oxygen atoms in total. The van der Waals surface area contributed by atoms with Crippen molar-refractivity contribution in [3.8, 4) is 16.2 Å². The Bertz CT molecular complexity index is 637. The molecule has 1 heterocycles. The van der Waals surface area contributed by atoms with Crippen LogP contribution < -0.4 is 4.74 Å². The summed E-state index contributed by atoms with van der Waals surface area (Å²) in [5, 5.41) is 11.2. The quantitative estimate of drug-likeness (QED) is 0.860. The molecule has 20 heavy (non-hydrogen) atoms. The molecule has 1 N–H and O–H groups in total. The van der Waals surface area contributed by atoms with E-state index in [9.17, 15) is 4.79 Å². The number of carboxylic acid groups (broad SMARTS) is 1. The summed E-state index contributed by atoms with van der Waals surface area (Å²) < 4.78 is 5.10. The van der Waals surface area contributed by atoms with Crippen LogP contribution in [0.4, 0.5) is 0 Å². The fraction of sp³-hybridized carbons (Fsp3) is 0.214. The van der Waals surface area contributed by atoms with Gasteiger partial charge in [-0.3, -0.25) is 0 Å². The molecule has 0 radical (unpaired) electrons. The zero-order valence-electron chi connectivity index (χ0n) is 10.7. The van der Waals surface area contributed by atoms with E-state index in [0.717, 1.165) is 16.9 Å². The highest BCUT2D eigenvalue weighted by Gasteiger charge is 2.16. The summed E-state index contributed by atoms with van der Waals surface area (Å²) in [6.45, 7) is 1.63. The maximum Gasteiger partial charge on any atom is 0.341 e. The Labute approximate surface area is 130 Å². The van der Waals surface area contributed by atoms with Gasteiger partial charge in [-0.2, -0.15) is 0 Å². The van der Waals surface area contributed by atoms with E-state index in [4.69, 9.17) is 33.0 Å². The van der Waals surface area contributed by atoms with E-state index in [0.29, 0.717) is 5.02 Å². The molecular weight excluding hydrogens is 319 g/mol. The smallest absolute Gasteiger partial charge is 0.341 e. The van der Waals surface area contributed by atoms with Crippen LogP contribution in [0, 0.1) is 0 Å². The first-order valence-electron chi connectivity index (χ1n) is 5.94. The molecule has 0 saturated carbocycles. The van der Waals surface area contributed by atoms with Gasteiger partial charge in [0.15, 0.2) is 6.61 Å². The Kier molecular flexibility index (Phi) is 4.91. The van der Waals surface area contributed by atoms with Crippen LogP contribution in [-0.4, -0.2) is 17.7 Å². The topological polar surface area (TPSA) is 46.5 Å². The van der Waals surface area contributed by atoms with Gasteiger partial charge >= 0.3 is 5.97 Å². The number of hydrogen-bond acceptors (Lipinski definition) is 3. The normalized spacial score (nSPS) is 10.6. The minimum absolute atomic E-state index is 0.237. The van der Waals surface area contributed by atoms with Crippen molar-refractivity contribution in [1.82, 2.24) is 0 Å². The highest BCUT2D eigenvalue weighted by Crippen LogP contribution is 2.42. The zero-order chi connectivity index (χ0) is 14.7. The SMILES string of the molecule is CCc1ccsc1-c1ccc(OCC(=O)O)c(Cl)c1Cl. The van der Waals surface area contributed by atoms with Crippen LogP contribution in [-0.2, 0) is 11.2 Å². The molecule has 0 aliphatic rings. The predicted molar refractivity (Wildman–Crippen MR) is 82.3 cm³/mol. The number of rotatable bonds is 5. The third-order valence-corrected chi connectivity index (χ3v) is 4.62. The molecule has 6 heteroatoms. The summed E-state index contributed by atoms with van der Waals surface area (Å²) in [7, 11) is 0. The molecule has 0 spiro atoms. The van der Waals surface area contributed by atoms with Gasteiger partial charge < -0.3 is 9.84 Å². The predicted octanol–water partition coefficient (Wildman–Crippen LogP) is 4.75. The molecular formula is C14H12Cl2O3S. The fourth-order valence-corrected chi connectivity index (χ4v) is 3.36. The highest BCUT2D eigenvalue weighted by atomic mass is 35.5. The van der Waals surface area contributed by atoms with E-state index < -0.39 is 12.6 Å². The molecule has 2 rings (SSSR count). The molecule has 0 amide bonds. The largest absolute Gasteiger partial charge is 0.480 e. The van der Waals surface area contributed by atoms with Gasteiger partial charge in [0.1, 0.15) is 10.8 Å². The van der Waals surface area contributed by atoms with Gasteiger partial charge in [0.2, 0.25) is 0 Å². The molecule has 0 unspecified atom stereocenters. The Hall–Kier alpha value is -1.23. The van der Waals surface area contributed by atoms with Crippen molar-refractivity contribution >= 4 is 40.5 Å². The number of ether oxygens (including phenoxy) is 1. The second-order valence-electron chi connectivity index (χ2n) is 4.05. The summed E-state index contributed by atoms with van der Waals surface area (Å²) in [6, 6.07) is 5.50. The molecule has 0 aliphatic heterocycles. The first-order chi connectivity index (χ1) is 9.54. The van der Waals surface area contributed by atoms with E-state index in [-0.39, 0.29) is 10.8 Å². The molecule has 0 aliphatic carbocycles. The third kappa shape index (κ3) is 3.08. The first kappa shape index (κ1) is 15.2. The zero-order valence-corrected chi connectivity index (χ0v) is 13.0. The van der Waals surface area contributed by atoms with Crippen LogP contribution in [0.1, 0.15) is 12.5 Å². The summed E-state index contributed by atoms with van der Waals surface area (Å²) >= 11 is 14.0. The van der Waals surface area contributed by atoms with E-state index in [1.165, 1.54) is 5.56 Å². The average molecular weight is 331 g/mol. The number of hydrogen-bond donors (Lipinski definition) is 1. The van der Waals surface area contributed by atoms with Crippen LogP contribution in [0.2, 0.25) is 10.0 Å². The summed E-state index contributed by atoms with van der Waals surface area (Å²) in [5.41, 5.74) is 2.04. The van der Waals surface area contributed by atoms with Crippen molar-refractivity contribution < 1.29 is 14.6 Å². The molecule has 1 aromatic carbocycles. The Morgan fingerprint density at radius 1 is 1.30 bits per heavy atom. The molecule has 0 fully saturated rings. The molecule has 106 valence electrons.